The van der Waals surface area contributed by atoms with Gasteiger partial charge in [-0.1, -0.05) is 30.3 Å². The van der Waals surface area contributed by atoms with Crippen molar-refractivity contribution in [2.24, 2.45) is 0 Å². The number of aryl methyl sites for hydroxylation is 2. The summed E-state index contributed by atoms with van der Waals surface area (Å²) in [6.07, 6.45) is 0.521. The van der Waals surface area contributed by atoms with Crippen molar-refractivity contribution in [3.05, 3.63) is 78.4 Å². The second-order valence-corrected chi connectivity index (χ2v) is 10.7. The molecule has 0 fully saturated rings. The fraction of sp³-hybridized carbons (Fsp3) is 0.261. The minimum absolute atomic E-state index is 0.115. The average molecular weight is 510 g/mol. The van der Waals surface area contributed by atoms with Crippen LogP contribution in [0.4, 0.5) is 18.2 Å². The number of sulfonamides is 1. The third kappa shape index (κ3) is 5.71. The van der Waals surface area contributed by atoms with Crippen LogP contribution in [0.15, 0.2) is 67.3 Å². The Morgan fingerprint density at radius 1 is 1.15 bits per heavy atom. The summed E-state index contributed by atoms with van der Waals surface area (Å²) < 4.78 is 73.1. The van der Waals surface area contributed by atoms with Gasteiger partial charge in [-0.15, -0.1) is 24.5 Å². The van der Waals surface area contributed by atoms with Gasteiger partial charge in [0.05, 0.1) is 18.6 Å². The first-order valence-electron chi connectivity index (χ1n) is 10.4. The largest absolute Gasteiger partial charge is 0.573 e. The van der Waals surface area contributed by atoms with E-state index in [1.807, 2.05) is 31.2 Å². The van der Waals surface area contributed by atoms with E-state index in [0.29, 0.717) is 23.5 Å². The van der Waals surface area contributed by atoms with Crippen LogP contribution in [0.3, 0.4) is 0 Å². The van der Waals surface area contributed by atoms with Crippen LogP contribution in [-0.4, -0.2) is 30.1 Å². The van der Waals surface area contributed by atoms with Crippen LogP contribution in [0.5, 0.6) is 5.75 Å². The van der Waals surface area contributed by atoms with E-state index in [9.17, 15) is 21.6 Å². The lowest BCUT2D eigenvalue weighted by Gasteiger charge is -2.24. The highest BCUT2D eigenvalue weighted by Crippen LogP contribution is 2.40. The van der Waals surface area contributed by atoms with Crippen LogP contribution in [0.25, 0.3) is 10.1 Å². The Morgan fingerprint density at radius 2 is 1.94 bits per heavy atom. The maximum Gasteiger partial charge on any atom is 0.573 e. The predicted molar refractivity (Wildman–Crippen MR) is 127 cm³/mol. The lowest BCUT2D eigenvalue weighted by molar-refractivity contribution is -0.274. The normalized spacial score (nSPS) is 12.2. The van der Waals surface area contributed by atoms with Crippen molar-refractivity contribution in [3.8, 4) is 5.75 Å². The molecule has 0 bridgehead atoms. The lowest BCUT2D eigenvalue weighted by Crippen LogP contribution is -2.33. The van der Waals surface area contributed by atoms with Gasteiger partial charge in [0.1, 0.15) is 10.8 Å². The number of hydrogen-bond acceptors (Lipinski definition) is 5. The molecule has 4 aromatic rings. The molecule has 0 radical (unpaired) electrons. The predicted octanol–water partition coefficient (Wildman–Crippen LogP) is 5.73. The van der Waals surface area contributed by atoms with Crippen molar-refractivity contribution >= 4 is 36.4 Å². The zero-order chi connectivity index (χ0) is 24.3. The molecular formula is C23H22F3N3O3S2. The Morgan fingerprint density at radius 3 is 2.65 bits per heavy atom. The number of aromatic nitrogens is 2. The Bertz CT molecular complexity index is 1370. The van der Waals surface area contributed by atoms with Gasteiger partial charge in [0, 0.05) is 23.6 Å². The molecule has 34 heavy (non-hydrogen) atoms. The van der Waals surface area contributed by atoms with E-state index in [1.165, 1.54) is 33.8 Å². The zero-order valence-electron chi connectivity index (χ0n) is 18.2. The highest BCUT2D eigenvalue weighted by Gasteiger charge is 2.31. The number of imidazole rings is 1. The van der Waals surface area contributed by atoms with E-state index in [4.69, 9.17) is 0 Å². The summed E-state index contributed by atoms with van der Waals surface area (Å²) in [5.74, 6) is -0.520. The number of benzene rings is 2. The number of thiophene rings is 1. The van der Waals surface area contributed by atoms with E-state index >= 15 is 0 Å². The first-order chi connectivity index (χ1) is 16.1. The van der Waals surface area contributed by atoms with Crippen molar-refractivity contribution in [1.29, 1.82) is 0 Å². The van der Waals surface area contributed by atoms with Crippen LogP contribution < -0.4 is 9.04 Å². The SMILES string of the molecule is Cc1c(N(Cc2cccc(OC(F)(F)F)c2)S(=O)(=O)CCCn2ccnc2)sc2ccccc12. The van der Waals surface area contributed by atoms with Crippen LogP contribution in [0.1, 0.15) is 17.5 Å². The highest BCUT2D eigenvalue weighted by atomic mass is 32.2. The lowest BCUT2D eigenvalue weighted by atomic mass is 10.2. The van der Waals surface area contributed by atoms with Crippen LogP contribution in [0.2, 0.25) is 0 Å². The fourth-order valence-electron chi connectivity index (χ4n) is 3.66. The number of nitrogens with zero attached hydrogens (tertiary/aromatic N) is 3. The summed E-state index contributed by atoms with van der Waals surface area (Å²) in [5, 5.41) is 1.49. The molecule has 2 heterocycles. The summed E-state index contributed by atoms with van der Waals surface area (Å²) in [4.78, 5) is 3.96. The second-order valence-electron chi connectivity index (χ2n) is 7.70. The molecule has 0 amide bonds. The summed E-state index contributed by atoms with van der Waals surface area (Å²) >= 11 is 1.34. The Labute approximate surface area is 199 Å². The molecule has 2 aromatic carbocycles. The molecule has 0 aliphatic rings. The minimum atomic E-state index is -4.83. The molecule has 0 unspecified atom stereocenters. The first-order valence-corrected chi connectivity index (χ1v) is 12.8. The number of halogens is 3. The number of hydrogen-bond donors (Lipinski definition) is 0. The summed E-state index contributed by atoms with van der Waals surface area (Å²) in [6.45, 7) is 2.22. The molecule has 11 heteroatoms. The average Bonchev–Trinajstić information content (AvgIpc) is 3.39. The van der Waals surface area contributed by atoms with Gasteiger partial charge in [-0.2, -0.15) is 0 Å². The van der Waals surface area contributed by atoms with Crippen molar-refractivity contribution in [2.75, 3.05) is 10.1 Å². The molecule has 0 saturated carbocycles. The van der Waals surface area contributed by atoms with Crippen LogP contribution >= 0.6 is 11.3 Å². The second kappa shape index (κ2) is 9.67. The van der Waals surface area contributed by atoms with Crippen LogP contribution in [-0.2, 0) is 23.1 Å². The van der Waals surface area contributed by atoms with Gasteiger partial charge in [-0.25, -0.2) is 13.4 Å². The molecule has 180 valence electrons. The van der Waals surface area contributed by atoms with Crippen molar-refractivity contribution in [2.45, 2.75) is 32.8 Å². The maximum absolute atomic E-state index is 13.5. The topological polar surface area (TPSA) is 64.4 Å². The maximum atomic E-state index is 13.5. The molecular weight excluding hydrogens is 487 g/mol. The summed E-state index contributed by atoms with van der Waals surface area (Å²) in [7, 11) is -3.80. The third-order valence-electron chi connectivity index (χ3n) is 5.22. The Hall–Kier alpha value is -3.05. The number of fused-ring (bicyclic) bond motifs is 1. The van der Waals surface area contributed by atoms with Crippen molar-refractivity contribution in [1.82, 2.24) is 9.55 Å². The van der Waals surface area contributed by atoms with E-state index in [-0.39, 0.29) is 12.3 Å². The molecule has 2 aromatic heterocycles. The molecule has 0 aliphatic heterocycles. The summed E-state index contributed by atoms with van der Waals surface area (Å²) in [5.41, 5.74) is 1.19. The highest BCUT2D eigenvalue weighted by molar-refractivity contribution is 7.93. The first kappa shape index (κ1) is 24.1. The monoisotopic (exact) mass is 509 g/mol. The van der Waals surface area contributed by atoms with Gasteiger partial charge >= 0.3 is 6.36 Å². The van der Waals surface area contributed by atoms with Gasteiger partial charge in [0.2, 0.25) is 10.0 Å². The third-order valence-corrected chi connectivity index (χ3v) is 8.42. The number of anilines is 1. The van der Waals surface area contributed by atoms with E-state index in [1.54, 1.807) is 29.4 Å². The molecule has 4 rings (SSSR count). The van der Waals surface area contributed by atoms with E-state index < -0.39 is 22.1 Å². The van der Waals surface area contributed by atoms with Gasteiger partial charge < -0.3 is 9.30 Å². The Kier molecular flexibility index (Phi) is 6.85. The number of ether oxygens (including phenoxy) is 1. The minimum Gasteiger partial charge on any atom is -0.406 e. The van der Waals surface area contributed by atoms with Gasteiger partial charge in [0.15, 0.2) is 0 Å². The fourth-order valence-corrected chi connectivity index (χ4v) is 6.68. The van der Waals surface area contributed by atoms with Gasteiger partial charge in [-0.05, 0) is 48.1 Å². The quantitative estimate of drug-likeness (QED) is 0.289. The van der Waals surface area contributed by atoms with Gasteiger partial charge in [-0.3, -0.25) is 4.31 Å². The van der Waals surface area contributed by atoms with Crippen molar-refractivity contribution in [3.63, 3.8) is 0 Å². The molecule has 0 atom stereocenters. The molecule has 0 saturated heterocycles. The molecule has 0 aliphatic carbocycles. The van der Waals surface area contributed by atoms with E-state index in [2.05, 4.69) is 9.72 Å². The molecule has 0 N–H and O–H groups in total. The standard InChI is InChI=1S/C23H22F3N3O3S2/c1-17-20-8-2-3-9-21(20)33-22(17)29(34(30,31)13-5-11-28-12-10-27-16-28)15-18-6-4-7-19(14-18)32-23(24,25)26/h2-4,6-10,12,14,16H,5,11,13,15H2,1H3. The van der Waals surface area contributed by atoms with Crippen LogP contribution in [0, 0.1) is 6.92 Å². The van der Waals surface area contributed by atoms with Gasteiger partial charge in [0.25, 0.3) is 0 Å². The smallest absolute Gasteiger partial charge is 0.406 e. The zero-order valence-corrected chi connectivity index (χ0v) is 19.8. The van der Waals surface area contributed by atoms with Crippen molar-refractivity contribution < 1.29 is 26.3 Å². The Balaban J connectivity index is 1.66. The summed E-state index contributed by atoms with van der Waals surface area (Å²) in [6, 6.07) is 13.0. The number of alkyl halides is 3. The number of rotatable bonds is 9. The molecule has 0 spiro atoms. The molecule has 6 nitrogen and oxygen atoms in total. The van der Waals surface area contributed by atoms with E-state index in [0.717, 1.165) is 15.6 Å².